The number of rotatable bonds is 2. The largest absolute Gasteiger partial charge is 0.395 e. The predicted molar refractivity (Wildman–Crippen MR) is 35.2 cm³/mol. The highest BCUT2D eigenvalue weighted by molar-refractivity contribution is 4.94. The molecular weight excluding hydrogens is 114 g/mol. The molecule has 0 aromatic rings. The van der Waals surface area contributed by atoms with Gasteiger partial charge in [0, 0.05) is 18.6 Å². The summed E-state index contributed by atoms with van der Waals surface area (Å²) in [5.41, 5.74) is 0. The van der Waals surface area contributed by atoms with Gasteiger partial charge >= 0.3 is 0 Å². The summed E-state index contributed by atoms with van der Waals surface area (Å²) in [6.45, 7) is 1.60. The lowest BCUT2D eigenvalue weighted by molar-refractivity contribution is 0.0353. The Hall–Kier alpha value is -0.0800. The average Bonchev–Trinajstić information content (AvgIpc) is 2.48. The number of aliphatic hydroxyl groups excluding tert-OH is 1. The van der Waals surface area contributed by atoms with E-state index in [-0.39, 0.29) is 0 Å². The van der Waals surface area contributed by atoms with Gasteiger partial charge in [-0.2, -0.15) is 0 Å². The summed E-state index contributed by atoms with van der Waals surface area (Å²) in [5.74, 6) is 0. The predicted octanol–water partition coefficient (Wildman–Crippen LogP) is 0.215. The van der Waals surface area contributed by atoms with Gasteiger partial charge in [-0.25, -0.2) is 0 Å². The monoisotopic (exact) mass is 127 g/mol. The molecule has 1 aliphatic heterocycles. The second-order valence-electron chi connectivity index (χ2n) is 3.09. The SMILES string of the molecule is OC[C@@H]1CCN1C1CC1. The van der Waals surface area contributed by atoms with E-state index in [4.69, 9.17) is 5.11 Å². The Kier molecular flexibility index (Phi) is 1.24. The molecule has 2 nitrogen and oxygen atoms in total. The van der Waals surface area contributed by atoms with Crippen molar-refractivity contribution in [1.29, 1.82) is 0 Å². The highest BCUT2D eigenvalue weighted by Gasteiger charge is 2.38. The molecule has 52 valence electrons. The molecule has 0 unspecified atom stereocenters. The molecule has 0 radical (unpaired) electrons. The Morgan fingerprint density at radius 2 is 2.11 bits per heavy atom. The average molecular weight is 127 g/mol. The molecule has 2 rings (SSSR count). The highest BCUT2D eigenvalue weighted by atomic mass is 16.3. The summed E-state index contributed by atoms with van der Waals surface area (Å²) in [7, 11) is 0. The van der Waals surface area contributed by atoms with Gasteiger partial charge < -0.3 is 5.11 Å². The minimum absolute atomic E-state index is 0.372. The van der Waals surface area contributed by atoms with Gasteiger partial charge in [-0.1, -0.05) is 0 Å². The van der Waals surface area contributed by atoms with Crippen molar-refractivity contribution in [3.8, 4) is 0 Å². The van der Waals surface area contributed by atoms with Crippen LogP contribution in [-0.4, -0.2) is 35.2 Å². The molecule has 1 atom stereocenters. The van der Waals surface area contributed by atoms with E-state index in [0.29, 0.717) is 12.6 Å². The minimum Gasteiger partial charge on any atom is -0.395 e. The van der Waals surface area contributed by atoms with Crippen molar-refractivity contribution in [3.63, 3.8) is 0 Å². The van der Waals surface area contributed by atoms with Crippen molar-refractivity contribution in [2.24, 2.45) is 0 Å². The van der Waals surface area contributed by atoms with Gasteiger partial charge in [0.25, 0.3) is 0 Å². The zero-order chi connectivity index (χ0) is 6.27. The lowest BCUT2D eigenvalue weighted by Gasteiger charge is -2.40. The molecule has 0 aromatic carbocycles. The number of hydrogen-bond acceptors (Lipinski definition) is 2. The summed E-state index contributed by atoms with van der Waals surface area (Å²) in [4.78, 5) is 2.43. The third kappa shape index (κ3) is 0.864. The van der Waals surface area contributed by atoms with E-state index in [9.17, 15) is 0 Å². The van der Waals surface area contributed by atoms with Crippen molar-refractivity contribution < 1.29 is 5.11 Å². The van der Waals surface area contributed by atoms with E-state index < -0.39 is 0 Å². The van der Waals surface area contributed by atoms with Crippen LogP contribution < -0.4 is 0 Å². The Morgan fingerprint density at radius 3 is 2.44 bits per heavy atom. The Balaban J connectivity index is 1.83. The van der Waals surface area contributed by atoms with E-state index in [2.05, 4.69) is 4.90 Å². The summed E-state index contributed by atoms with van der Waals surface area (Å²) >= 11 is 0. The molecule has 2 heteroatoms. The lowest BCUT2D eigenvalue weighted by atomic mass is 10.0. The standard InChI is InChI=1S/C7H13NO/c9-5-7-3-4-8(7)6-1-2-6/h6-7,9H,1-5H2/t7-/m0/s1. The zero-order valence-corrected chi connectivity index (χ0v) is 5.58. The molecule has 1 heterocycles. The number of hydrogen-bond donors (Lipinski definition) is 1. The fourth-order valence-corrected chi connectivity index (χ4v) is 1.54. The van der Waals surface area contributed by atoms with Crippen LogP contribution in [0.3, 0.4) is 0 Å². The number of likely N-dealkylation sites (tertiary alicyclic amines) is 1. The summed E-state index contributed by atoms with van der Waals surface area (Å²) in [5, 5.41) is 8.79. The molecule has 1 aliphatic carbocycles. The van der Waals surface area contributed by atoms with Crippen molar-refractivity contribution >= 4 is 0 Å². The van der Waals surface area contributed by atoms with Crippen LogP contribution in [0.15, 0.2) is 0 Å². The van der Waals surface area contributed by atoms with Gasteiger partial charge in [-0.3, -0.25) is 4.90 Å². The van der Waals surface area contributed by atoms with Gasteiger partial charge in [0.15, 0.2) is 0 Å². The molecule has 0 spiro atoms. The minimum atomic E-state index is 0.372. The van der Waals surface area contributed by atoms with E-state index in [1.807, 2.05) is 0 Å². The third-order valence-electron chi connectivity index (χ3n) is 2.42. The van der Waals surface area contributed by atoms with Gasteiger partial charge in [0.2, 0.25) is 0 Å². The first-order valence-corrected chi connectivity index (χ1v) is 3.78. The molecule has 1 saturated carbocycles. The molecule has 1 saturated heterocycles. The maximum absolute atomic E-state index is 8.79. The Morgan fingerprint density at radius 1 is 1.33 bits per heavy atom. The van der Waals surface area contributed by atoms with E-state index in [0.717, 1.165) is 6.04 Å². The number of aliphatic hydroxyl groups is 1. The molecule has 2 aliphatic rings. The first-order chi connectivity index (χ1) is 4.42. The van der Waals surface area contributed by atoms with E-state index in [1.54, 1.807) is 0 Å². The van der Waals surface area contributed by atoms with Crippen LogP contribution in [0.1, 0.15) is 19.3 Å². The molecule has 1 N–H and O–H groups in total. The van der Waals surface area contributed by atoms with Gasteiger partial charge in [-0.05, 0) is 19.3 Å². The third-order valence-corrected chi connectivity index (χ3v) is 2.42. The fraction of sp³-hybridized carbons (Fsp3) is 1.00. The van der Waals surface area contributed by atoms with E-state index in [1.165, 1.54) is 25.8 Å². The normalized spacial score (nSPS) is 36.3. The van der Waals surface area contributed by atoms with Gasteiger partial charge in [0.05, 0.1) is 6.61 Å². The summed E-state index contributed by atoms with van der Waals surface area (Å²) < 4.78 is 0. The topological polar surface area (TPSA) is 23.5 Å². The summed E-state index contributed by atoms with van der Waals surface area (Å²) in [6, 6.07) is 1.38. The van der Waals surface area contributed by atoms with Crippen LogP contribution in [0.25, 0.3) is 0 Å². The van der Waals surface area contributed by atoms with Crippen LogP contribution >= 0.6 is 0 Å². The van der Waals surface area contributed by atoms with Crippen molar-refractivity contribution in [3.05, 3.63) is 0 Å². The molecule has 0 amide bonds. The van der Waals surface area contributed by atoms with Crippen LogP contribution in [-0.2, 0) is 0 Å². The van der Waals surface area contributed by atoms with Crippen molar-refractivity contribution in [1.82, 2.24) is 4.90 Å². The van der Waals surface area contributed by atoms with Gasteiger partial charge in [0.1, 0.15) is 0 Å². The number of nitrogens with zero attached hydrogens (tertiary/aromatic N) is 1. The smallest absolute Gasteiger partial charge is 0.0587 e. The lowest BCUT2D eigenvalue weighted by Crippen LogP contribution is -2.50. The maximum atomic E-state index is 8.79. The van der Waals surface area contributed by atoms with Crippen LogP contribution in [0.4, 0.5) is 0 Å². The van der Waals surface area contributed by atoms with Crippen LogP contribution in [0.2, 0.25) is 0 Å². The molecule has 0 aromatic heterocycles. The maximum Gasteiger partial charge on any atom is 0.0587 e. The second kappa shape index (κ2) is 1.96. The quantitative estimate of drug-likeness (QED) is 0.573. The Labute approximate surface area is 55.5 Å². The van der Waals surface area contributed by atoms with Gasteiger partial charge in [-0.15, -0.1) is 0 Å². The summed E-state index contributed by atoms with van der Waals surface area (Å²) in [6.07, 6.45) is 3.96. The van der Waals surface area contributed by atoms with Crippen LogP contribution in [0, 0.1) is 0 Å². The fourth-order valence-electron chi connectivity index (χ4n) is 1.54. The first-order valence-electron chi connectivity index (χ1n) is 3.78. The molecule has 2 fully saturated rings. The molecule has 0 bridgehead atoms. The van der Waals surface area contributed by atoms with Crippen molar-refractivity contribution in [2.75, 3.05) is 13.2 Å². The first kappa shape index (κ1) is 5.69. The zero-order valence-electron chi connectivity index (χ0n) is 5.58. The Bertz CT molecular complexity index is 109. The van der Waals surface area contributed by atoms with Crippen molar-refractivity contribution in [2.45, 2.75) is 31.3 Å². The molecular formula is C7H13NO. The second-order valence-corrected chi connectivity index (χ2v) is 3.09. The molecule has 9 heavy (non-hydrogen) atoms. The van der Waals surface area contributed by atoms with E-state index >= 15 is 0 Å². The van der Waals surface area contributed by atoms with Crippen LogP contribution in [0.5, 0.6) is 0 Å². The highest BCUT2D eigenvalue weighted by Crippen LogP contribution is 2.33.